The van der Waals surface area contributed by atoms with Crippen LogP contribution in [0.15, 0.2) is 30.3 Å². The van der Waals surface area contributed by atoms with Crippen molar-refractivity contribution in [3.63, 3.8) is 0 Å². The number of rotatable bonds is 5. The van der Waals surface area contributed by atoms with Crippen molar-refractivity contribution in [2.24, 2.45) is 23.2 Å². The molecule has 1 heterocycles. The van der Waals surface area contributed by atoms with Crippen LogP contribution in [0.25, 0.3) is 0 Å². The lowest BCUT2D eigenvalue weighted by atomic mass is 9.49. The molecule has 1 aromatic rings. The zero-order chi connectivity index (χ0) is 19.8. The molecule has 1 atom stereocenters. The minimum absolute atomic E-state index is 0.0773. The summed E-state index contributed by atoms with van der Waals surface area (Å²) >= 11 is 0. The van der Waals surface area contributed by atoms with Crippen LogP contribution in [0.5, 0.6) is 0 Å². The Labute approximate surface area is 173 Å². The van der Waals surface area contributed by atoms with Gasteiger partial charge in [0, 0.05) is 38.0 Å². The highest BCUT2D eigenvalue weighted by atomic mass is 16.2. The zero-order valence-corrected chi connectivity index (χ0v) is 17.2. The lowest BCUT2D eigenvalue weighted by molar-refractivity contribution is -0.150. The van der Waals surface area contributed by atoms with E-state index in [9.17, 15) is 9.59 Å². The summed E-state index contributed by atoms with van der Waals surface area (Å²) in [5, 5.41) is 6.58. The van der Waals surface area contributed by atoms with Crippen LogP contribution >= 0.6 is 0 Å². The van der Waals surface area contributed by atoms with Gasteiger partial charge in [0.1, 0.15) is 6.04 Å². The molecule has 2 N–H and O–H groups in total. The van der Waals surface area contributed by atoms with Crippen LogP contribution in [0, 0.1) is 23.2 Å². The first-order valence-electron chi connectivity index (χ1n) is 11.5. The molecule has 29 heavy (non-hydrogen) atoms. The molecular weight excluding hydrogens is 362 g/mol. The van der Waals surface area contributed by atoms with E-state index < -0.39 is 6.04 Å². The summed E-state index contributed by atoms with van der Waals surface area (Å²) in [5.74, 6) is 2.41. The van der Waals surface area contributed by atoms with E-state index in [-0.39, 0.29) is 17.2 Å². The topological polar surface area (TPSA) is 61.4 Å². The first-order chi connectivity index (χ1) is 14.1. The van der Waals surface area contributed by atoms with Crippen molar-refractivity contribution >= 4 is 11.8 Å². The van der Waals surface area contributed by atoms with Gasteiger partial charge in [0.2, 0.25) is 11.8 Å². The summed E-state index contributed by atoms with van der Waals surface area (Å²) < 4.78 is 0. The van der Waals surface area contributed by atoms with E-state index in [0.717, 1.165) is 68.8 Å². The maximum absolute atomic E-state index is 13.6. The molecule has 5 heteroatoms. The summed E-state index contributed by atoms with van der Waals surface area (Å²) in [5.41, 5.74) is 0.889. The molecule has 4 saturated carbocycles. The summed E-state index contributed by atoms with van der Waals surface area (Å²) in [7, 11) is 0. The highest BCUT2D eigenvalue weighted by molar-refractivity contribution is 5.90. The third-order valence-corrected chi connectivity index (χ3v) is 7.83. The van der Waals surface area contributed by atoms with Gasteiger partial charge in [-0.15, -0.1) is 0 Å². The number of hydrogen-bond donors (Lipinski definition) is 2. The van der Waals surface area contributed by atoms with Gasteiger partial charge in [-0.3, -0.25) is 9.59 Å². The van der Waals surface area contributed by atoms with E-state index in [4.69, 9.17) is 0 Å². The van der Waals surface area contributed by atoms with Gasteiger partial charge in [-0.25, -0.2) is 0 Å². The first-order valence-corrected chi connectivity index (χ1v) is 11.5. The van der Waals surface area contributed by atoms with E-state index in [1.54, 1.807) is 0 Å². The van der Waals surface area contributed by atoms with Crippen molar-refractivity contribution in [3.8, 4) is 0 Å². The second-order valence-corrected chi connectivity index (χ2v) is 9.99. The number of nitrogens with one attached hydrogen (secondary N) is 2. The molecule has 5 nitrogen and oxygen atoms in total. The monoisotopic (exact) mass is 395 g/mol. The molecule has 1 aromatic carbocycles. The van der Waals surface area contributed by atoms with Gasteiger partial charge in [0.15, 0.2) is 0 Å². The second kappa shape index (κ2) is 7.75. The van der Waals surface area contributed by atoms with Crippen LogP contribution in [-0.2, 0) is 16.0 Å². The van der Waals surface area contributed by atoms with Crippen molar-refractivity contribution in [1.29, 1.82) is 0 Å². The molecule has 1 aliphatic heterocycles. The highest BCUT2D eigenvalue weighted by Gasteiger charge is 2.55. The maximum Gasteiger partial charge on any atom is 0.245 e. The quantitative estimate of drug-likeness (QED) is 0.805. The van der Waals surface area contributed by atoms with E-state index in [0.29, 0.717) is 6.42 Å². The van der Waals surface area contributed by atoms with Crippen LogP contribution in [0.2, 0.25) is 0 Å². The first kappa shape index (κ1) is 19.1. The number of nitrogens with zero attached hydrogens (tertiary/aromatic N) is 1. The summed E-state index contributed by atoms with van der Waals surface area (Å²) in [6.45, 7) is 3.09. The highest BCUT2D eigenvalue weighted by Crippen LogP contribution is 2.60. The van der Waals surface area contributed by atoms with Gasteiger partial charge in [-0.1, -0.05) is 30.3 Å². The van der Waals surface area contributed by atoms with Gasteiger partial charge < -0.3 is 15.5 Å². The third kappa shape index (κ3) is 3.81. The Morgan fingerprint density at radius 3 is 2.17 bits per heavy atom. The van der Waals surface area contributed by atoms with E-state index >= 15 is 0 Å². The molecule has 4 aliphatic carbocycles. The molecule has 5 aliphatic rings. The van der Waals surface area contributed by atoms with Crippen LogP contribution in [0.3, 0.4) is 0 Å². The molecular formula is C24H33N3O2. The lowest BCUT2D eigenvalue weighted by Gasteiger charge is -2.55. The molecule has 0 spiro atoms. The maximum atomic E-state index is 13.6. The third-order valence-electron chi connectivity index (χ3n) is 7.83. The Hall–Kier alpha value is -1.88. The molecule has 0 aromatic heterocycles. The van der Waals surface area contributed by atoms with Crippen LogP contribution in [0.1, 0.15) is 44.1 Å². The fourth-order valence-electron chi connectivity index (χ4n) is 6.86. The molecule has 5 fully saturated rings. The fourth-order valence-corrected chi connectivity index (χ4v) is 6.86. The van der Waals surface area contributed by atoms with Gasteiger partial charge in [-0.2, -0.15) is 0 Å². The number of carbonyl (C=O) groups is 2. The van der Waals surface area contributed by atoms with Gasteiger partial charge >= 0.3 is 0 Å². The normalized spacial score (nSPS) is 34.1. The molecule has 1 unspecified atom stereocenters. The number of amides is 2. The molecule has 0 radical (unpaired) electrons. The number of benzene rings is 1. The average Bonchev–Trinajstić information content (AvgIpc) is 2.73. The Morgan fingerprint density at radius 1 is 1.00 bits per heavy atom. The predicted octanol–water partition coefficient (Wildman–Crippen LogP) is 2.36. The zero-order valence-electron chi connectivity index (χ0n) is 17.2. The van der Waals surface area contributed by atoms with Crippen LogP contribution in [-0.4, -0.2) is 48.9 Å². The standard InChI is InChI=1S/C24H33N3O2/c28-22(27-8-6-25-7-9-27)21(13-17-4-2-1-3-5-17)26-23(29)24-14-18-10-19(15-24)12-20(11-18)16-24/h1-5,18-21,25H,6-16H2,(H,26,29). The largest absolute Gasteiger partial charge is 0.343 e. The molecule has 156 valence electrons. The van der Waals surface area contributed by atoms with Gasteiger partial charge in [0.25, 0.3) is 0 Å². The van der Waals surface area contributed by atoms with Crippen LogP contribution < -0.4 is 10.6 Å². The molecule has 2 amide bonds. The minimum atomic E-state index is -0.462. The Kier molecular flexibility index (Phi) is 5.10. The van der Waals surface area contributed by atoms with E-state index in [1.807, 2.05) is 23.1 Å². The SMILES string of the molecule is O=C(C(Cc1ccccc1)NC(=O)C12CC3CC(CC(C3)C1)C2)N1CCNCC1. The fraction of sp³-hybridized carbons (Fsp3) is 0.667. The minimum Gasteiger partial charge on any atom is -0.343 e. The van der Waals surface area contributed by atoms with Crippen molar-refractivity contribution in [2.75, 3.05) is 26.2 Å². The number of piperazine rings is 1. The Morgan fingerprint density at radius 2 is 1.59 bits per heavy atom. The molecule has 1 saturated heterocycles. The predicted molar refractivity (Wildman–Crippen MR) is 112 cm³/mol. The summed E-state index contributed by atoms with van der Waals surface area (Å²) in [6.07, 6.45) is 7.63. The molecule has 6 rings (SSSR count). The van der Waals surface area contributed by atoms with E-state index in [2.05, 4.69) is 22.8 Å². The smallest absolute Gasteiger partial charge is 0.245 e. The van der Waals surface area contributed by atoms with Crippen molar-refractivity contribution in [2.45, 2.75) is 51.0 Å². The van der Waals surface area contributed by atoms with Crippen LogP contribution in [0.4, 0.5) is 0 Å². The average molecular weight is 396 g/mol. The summed E-state index contributed by atoms with van der Waals surface area (Å²) in [4.78, 5) is 28.9. The Balaban J connectivity index is 1.34. The number of hydrogen-bond acceptors (Lipinski definition) is 3. The lowest BCUT2D eigenvalue weighted by Crippen LogP contribution is -2.59. The second-order valence-electron chi connectivity index (χ2n) is 9.99. The summed E-state index contributed by atoms with van der Waals surface area (Å²) in [6, 6.07) is 9.63. The van der Waals surface area contributed by atoms with Gasteiger partial charge in [-0.05, 0) is 61.8 Å². The Bertz CT molecular complexity index is 721. The van der Waals surface area contributed by atoms with Crippen molar-refractivity contribution < 1.29 is 9.59 Å². The van der Waals surface area contributed by atoms with E-state index in [1.165, 1.54) is 19.3 Å². The number of carbonyl (C=O) groups excluding carboxylic acids is 2. The van der Waals surface area contributed by atoms with Crippen molar-refractivity contribution in [3.05, 3.63) is 35.9 Å². The molecule has 4 bridgehead atoms. The van der Waals surface area contributed by atoms with Crippen molar-refractivity contribution in [1.82, 2.24) is 15.5 Å². The van der Waals surface area contributed by atoms with Gasteiger partial charge in [0.05, 0.1) is 0 Å².